The van der Waals surface area contributed by atoms with Crippen molar-refractivity contribution in [3.8, 4) is 0 Å². The Morgan fingerprint density at radius 3 is 2.73 bits per heavy atom. The van der Waals surface area contributed by atoms with Crippen LogP contribution in [0.5, 0.6) is 0 Å². The number of anilines is 1. The molecule has 0 N–H and O–H groups in total. The smallest absolute Gasteiger partial charge is 0.135 e. The molecule has 0 bridgehead atoms. The van der Waals surface area contributed by atoms with Crippen molar-refractivity contribution >= 4 is 16.7 Å². The summed E-state index contributed by atoms with van der Waals surface area (Å²) in [7, 11) is 0. The maximum Gasteiger partial charge on any atom is 0.135 e. The minimum Gasteiger partial charge on any atom is -0.464 e. The number of piperidine rings is 1. The third-order valence-corrected chi connectivity index (χ3v) is 3.16. The molecule has 2 heteroatoms. The van der Waals surface area contributed by atoms with Crippen LogP contribution in [0.4, 0.5) is 5.69 Å². The maximum absolute atomic E-state index is 5.42. The molecule has 1 aliphatic heterocycles. The van der Waals surface area contributed by atoms with Crippen molar-refractivity contribution < 1.29 is 4.42 Å². The Morgan fingerprint density at radius 1 is 1.00 bits per heavy atom. The first kappa shape index (κ1) is 8.84. The quantitative estimate of drug-likeness (QED) is 0.702. The number of rotatable bonds is 1. The van der Waals surface area contributed by atoms with Crippen LogP contribution in [0.1, 0.15) is 19.3 Å². The van der Waals surface area contributed by atoms with Gasteiger partial charge in [-0.25, -0.2) is 0 Å². The van der Waals surface area contributed by atoms with Crippen molar-refractivity contribution in [2.45, 2.75) is 19.3 Å². The molecule has 15 heavy (non-hydrogen) atoms. The fourth-order valence-electron chi connectivity index (χ4n) is 2.29. The predicted octanol–water partition coefficient (Wildman–Crippen LogP) is 3.42. The summed E-state index contributed by atoms with van der Waals surface area (Å²) < 4.78 is 5.42. The van der Waals surface area contributed by atoms with E-state index in [0.29, 0.717) is 0 Å². The molecule has 1 aromatic heterocycles. The Balaban J connectivity index is 1.95. The largest absolute Gasteiger partial charge is 0.464 e. The first-order valence-corrected chi connectivity index (χ1v) is 5.66. The van der Waals surface area contributed by atoms with E-state index in [4.69, 9.17) is 4.42 Å². The van der Waals surface area contributed by atoms with Crippen LogP contribution in [-0.2, 0) is 0 Å². The van der Waals surface area contributed by atoms with Gasteiger partial charge in [-0.05, 0) is 37.5 Å². The van der Waals surface area contributed by atoms with Gasteiger partial charge >= 0.3 is 0 Å². The summed E-state index contributed by atoms with van der Waals surface area (Å²) >= 11 is 0. The van der Waals surface area contributed by atoms with Crippen molar-refractivity contribution in [1.29, 1.82) is 0 Å². The fourth-order valence-corrected chi connectivity index (χ4v) is 2.29. The predicted molar refractivity (Wildman–Crippen MR) is 62.3 cm³/mol. The van der Waals surface area contributed by atoms with Gasteiger partial charge in [0.15, 0.2) is 0 Å². The van der Waals surface area contributed by atoms with Gasteiger partial charge in [0.05, 0.1) is 6.26 Å². The van der Waals surface area contributed by atoms with Crippen LogP contribution in [0.15, 0.2) is 34.9 Å². The third kappa shape index (κ3) is 1.60. The molecular weight excluding hydrogens is 186 g/mol. The topological polar surface area (TPSA) is 16.4 Å². The first-order valence-electron chi connectivity index (χ1n) is 5.66. The second-order valence-corrected chi connectivity index (χ2v) is 4.19. The zero-order chi connectivity index (χ0) is 10.1. The lowest BCUT2D eigenvalue weighted by molar-refractivity contribution is 0.577. The molecule has 1 aliphatic rings. The van der Waals surface area contributed by atoms with Crippen LogP contribution in [0, 0.1) is 0 Å². The van der Waals surface area contributed by atoms with Gasteiger partial charge in [0.1, 0.15) is 5.58 Å². The molecule has 2 nitrogen and oxygen atoms in total. The minimum absolute atomic E-state index is 0.998. The van der Waals surface area contributed by atoms with Crippen molar-refractivity contribution in [2.24, 2.45) is 0 Å². The van der Waals surface area contributed by atoms with E-state index < -0.39 is 0 Å². The summed E-state index contributed by atoms with van der Waals surface area (Å²) in [5, 5.41) is 1.19. The molecule has 0 radical (unpaired) electrons. The summed E-state index contributed by atoms with van der Waals surface area (Å²) in [5.74, 6) is 0. The van der Waals surface area contributed by atoms with E-state index in [1.807, 2.05) is 6.07 Å². The minimum atomic E-state index is 0.998. The normalized spacial score (nSPS) is 17.2. The average molecular weight is 201 g/mol. The second-order valence-electron chi connectivity index (χ2n) is 4.19. The molecule has 1 saturated heterocycles. The number of furan rings is 1. The van der Waals surface area contributed by atoms with Gasteiger partial charge in [0.2, 0.25) is 0 Å². The van der Waals surface area contributed by atoms with Crippen LogP contribution < -0.4 is 4.90 Å². The van der Waals surface area contributed by atoms with Crippen LogP contribution in [-0.4, -0.2) is 13.1 Å². The summed E-state index contributed by atoms with van der Waals surface area (Å²) in [4.78, 5) is 2.45. The highest BCUT2D eigenvalue weighted by molar-refractivity contribution is 5.81. The van der Waals surface area contributed by atoms with E-state index >= 15 is 0 Å². The van der Waals surface area contributed by atoms with Gasteiger partial charge in [-0.1, -0.05) is 0 Å². The molecule has 0 amide bonds. The molecule has 2 aromatic rings. The van der Waals surface area contributed by atoms with E-state index in [0.717, 1.165) is 5.58 Å². The summed E-state index contributed by atoms with van der Waals surface area (Å²) in [6, 6.07) is 8.50. The number of fused-ring (bicyclic) bond motifs is 1. The maximum atomic E-state index is 5.42. The summed E-state index contributed by atoms with van der Waals surface area (Å²) in [6.45, 7) is 2.37. The van der Waals surface area contributed by atoms with Gasteiger partial charge in [-0.3, -0.25) is 0 Å². The Morgan fingerprint density at radius 2 is 1.87 bits per heavy atom. The lowest BCUT2D eigenvalue weighted by Crippen LogP contribution is -2.29. The highest BCUT2D eigenvalue weighted by Gasteiger charge is 2.11. The van der Waals surface area contributed by atoms with Gasteiger partial charge < -0.3 is 9.32 Å². The number of nitrogens with zero attached hydrogens (tertiary/aromatic N) is 1. The fraction of sp³-hybridized carbons (Fsp3) is 0.385. The summed E-state index contributed by atoms with van der Waals surface area (Å²) in [6.07, 6.45) is 5.76. The van der Waals surface area contributed by atoms with Crippen molar-refractivity contribution in [3.05, 3.63) is 30.5 Å². The average Bonchev–Trinajstić information content (AvgIpc) is 2.77. The van der Waals surface area contributed by atoms with Crippen molar-refractivity contribution in [2.75, 3.05) is 18.0 Å². The highest BCUT2D eigenvalue weighted by atomic mass is 16.3. The third-order valence-electron chi connectivity index (χ3n) is 3.16. The Kier molecular flexibility index (Phi) is 2.13. The van der Waals surface area contributed by atoms with Crippen LogP contribution in [0.3, 0.4) is 0 Å². The van der Waals surface area contributed by atoms with E-state index in [-0.39, 0.29) is 0 Å². The molecule has 78 valence electrons. The molecule has 0 atom stereocenters. The van der Waals surface area contributed by atoms with Gasteiger partial charge in [-0.15, -0.1) is 0 Å². The molecule has 1 aromatic carbocycles. The molecular formula is C13H15NO. The number of benzene rings is 1. The summed E-state index contributed by atoms with van der Waals surface area (Å²) in [5.41, 5.74) is 2.30. The Bertz CT molecular complexity index is 454. The van der Waals surface area contributed by atoms with Crippen LogP contribution >= 0.6 is 0 Å². The lowest BCUT2D eigenvalue weighted by Gasteiger charge is -2.28. The second kappa shape index (κ2) is 3.61. The van der Waals surface area contributed by atoms with Crippen LogP contribution in [0.2, 0.25) is 0 Å². The van der Waals surface area contributed by atoms with E-state index in [2.05, 4.69) is 23.1 Å². The molecule has 0 aliphatic carbocycles. The SMILES string of the molecule is c1cc2ccc(N3CCCCC3)cc2o1. The van der Waals surface area contributed by atoms with Crippen molar-refractivity contribution in [1.82, 2.24) is 0 Å². The monoisotopic (exact) mass is 201 g/mol. The van der Waals surface area contributed by atoms with Crippen LogP contribution in [0.25, 0.3) is 11.0 Å². The Hall–Kier alpha value is -1.44. The zero-order valence-electron chi connectivity index (χ0n) is 8.78. The standard InChI is InChI=1S/C13H15NO/c1-2-7-14(8-3-1)12-5-4-11-6-9-15-13(11)10-12/h4-6,9-10H,1-3,7-8H2. The lowest BCUT2D eigenvalue weighted by atomic mass is 10.1. The Labute approximate surface area is 89.5 Å². The molecule has 0 saturated carbocycles. The first-order chi connectivity index (χ1) is 7.43. The number of hydrogen-bond acceptors (Lipinski definition) is 2. The number of hydrogen-bond donors (Lipinski definition) is 0. The zero-order valence-corrected chi connectivity index (χ0v) is 8.78. The molecule has 3 rings (SSSR count). The molecule has 0 unspecified atom stereocenters. The molecule has 0 spiro atoms. The van der Waals surface area contributed by atoms with Gasteiger partial charge in [0.25, 0.3) is 0 Å². The van der Waals surface area contributed by atoms with E-state index in [1.165, 1.54) is 43.4 Å². The highest BCUT2D eigenvalue weighted by Crippen LogP contribution is 2.25. The van der Waals surface area contributed by atoms with E-state index in [1.54, 1.807) is 6.26 Å². The van der Waals surface area contributed by atoms with Crippen molar-refractivity contribution in [3.63, 3.8) is 0 Å². The molecule has 1 fully saturated rings. The van der Waals surface area contributed by atoms with Gasteiger partial charge in [0, 0.05) is 30.2 Å². The van der Waals surface area contributed by atoms with E-state index in [9.17, 15) is 0 Å². The van der Waals surface area contributed by atoms with Gasteiger partial charge in [-0.2, -0.15) is 0 Å². The molecule has 2 heterocycles.